The smallest absolute Gasteiger partial charge is 0.317 e. The van der Waals surface area contributed by atoms with Crippen LogP contribution in [0.2, 0.25) is 0 Å². The van der Waals surface area contributed by atoms with Crippen LogP contribution >= 0.6 is 0 Å². The number of hydrogen-bond acceptors (Lipinski definition) is 3. The summed E-state index contributed by atoms with van der Waals surface area (Å²) in [6.45, 7) is 4.58. The van der Waals surface area contributed by atoms with Crippen LogP contribution in [0.3, 0.4) is 0 Å². The molecule has 1 aliphatic heterocycles. The van der Waals surface area contributed by atoms with Crippen molar-refractivity contribution in [3.05, 3.63) is 36.0 Å². The monoisotopic (exact) mass is 273 g/mol. The lowest BCUT2D eigenvalue weighted by molar-refractivity contribution is -0.138. The van der Waals surface area contributed by atoms with Crippen LogP contribution in [0.5, 0.6) is 0 Å². The van der Waals surface area contributed by atoms with E-state index in [1.807, 2.05) is 11.0 Å². The number of carboxylic acids is 1. The lowest BCUT2D eigenvalue weighted by Gasteiger charge is -2.33. The molecule has 2 N–H and O–H groups in total. The zero-order valence-corrected chi connectivity index (χ0v) is 11.4. The van der Waals surface area contributed by atoms with Gasteiger partial charge >= 0.3 is 5.97 Å². The Morgan fingerprint density at radius 3 is 2.60 bits per heavy atom. The van der Waals surface area contributed by atoms with Gasteiger partial charge in [-0.15, -0.1) is 0 Å². The number of carboxylic acid groups (broad SMARTS) is 1. The van der Waals surface area contributed by atoms with Crippen LogP contribution in [0, 0.1) is 0 Å². The molecule has 0 saturated carbocycles. The van der Waals surface area contributed by atoms with Crippen LogP contribution in [-0.2, 0) is 11.3 Å². The number of rotatable bonds is 4. The van der Waals surface area contributed by atoms with Crippen molar-refractivity contribution in [3.63, 3.8) is 0 Å². The standard InChI is InChI=1S/C15H19N3O2/c19-15(20)11-18-7-5-17(6-8-18)10-12-9-16-14-4-2-1-3-13(12)14/h1-4,9,16H,5-8,10-11H2,(H,19,20). The minimum atomic E-state index is -0.741. The van der Waals surface area contributed by atoms with Gasteiger partial charge in [-0.3, -0.25) is 14.6 Å². The number of hydrogen-bond donors (Lipinski definition) is 2. The van der Waals surface area contributed by atoms with E-state index in [4.69, 9.17) is 5.11 Å². The molecule has 0 spiro atoms. The zero-order chi connectivity index (χ0) is 13.9. The van der Waals surface area contributed by atoms with Crippen LogP contribution in [-0.4, -0.2) is 58.6 Å². The maximum atomic E-state index is 10.7. The lowest BCUT2D eigenvalue weighted by atomic mass is 10.1. The summed E-state index contributed by atoms with van der Waals surface area (Å²) < 4.78 is 0. The number of piperazine rings is 1. The summed E-state index contributed by atoms with van der Waals surface area (Å²) in [5.74, 6) is -0.741. The third-order valence-corrected chi connectivity index (χ3v) is 3.89. The van der Waals surface area contributed by atoms with Crippen molar-refractivity contribution in [2.45, 2.75) is 6.54 Å². The second kappa shape index (κ2) is 5.64. The molecule has 0 amide bonds. The number of aromatic amines is 1. The average molecular weight is 273 g/mol. The van der Waals surface area contributed by atoms with Crippen molar-refractivity contribution in [3.8, 4) is 0 Å². The van der Waals surface area contributed by atoms with Crippen LogP contribution in [0.4, 0.5) is 0 Å². The summed E-state index contributed by atoms with van der Waals surface area (Å²) in [7, 11) is 0. The molecule has 1 aromatic carbocycles. The first-order valence-corrected chi connectivity index (χ1v) is 6.94. The fraction of sp³-hybridized carbons (Fsp3) is 0.400. The Morgan fingerprint density at radius 2 is 1.85 bits per heavy atom. The van der Waals surface area contributed by atoms with Gasteiger partial charge in [0.25, 0.3) is 0 Å². The molecule has 0 radical (unpaired) electrons. The van der Waals surface area contributed by atoms with Crippen molar-refractivity contribution in [1.29, 1.82) is 0 Å². The van der Waals surface area contributed by atoms with Gasteiger partial charge in [0.15, 0.2) is 0 Å². The van der Waals surface area contributed by atoms with Gasteiger partial charge in [0.05, 0.1) is 6.54 Å². The summed E-state index contributed by atoms with van der Waals surface area (Å²) in [6, 6.07) is 8.32. The van der Waals surface area contributed by atoms with Gasteiger partial charge in [0.1, 0.15) is 0 Å². The molecule has 0 unspecified atom stereocenters. The highest BCUT2D eigenvalue weighted by Crippen LogP contribution is 2.19. The lowest BCUT2D eigenvalue weighted by Crippen LogP contribution is -2.47. The molecular weight excluding hydrogens is 254 g/mol. The molecular formula is C15H19N3O2. The molecule has 0 aliphatic carbocycles. The quantitative estimate of drug-likeness (QED) is 0.883. The first-order valence-electron chi connectivity index (χ1n) is 6.94. The number of aromatic nitrogens is 1. The summed E-state index contributed by atoms with van der Waals surface area (Å²) in [4.78, 5) is 18.4. The summed E-state index contributed by atoms with van der Waals surface area (Å²) in [5, 5.41) is 10.1. The maximum Gasteiger partial charge on any atom is 0.317 e. The molecule has 5 nitrogen and oxygen atoms in total. The van der Waals surface area contributed by atoms with E-state index in [1.54, 1.807) is 0 Å². The topological polar surface area (TPSA) is 59.6 Å². The first-order chi connectivity index (χ1) is 9.72. The van der Waals surface area contributed by atoms with Gasteiger partial charge in [0.2, 0.25) is 0 Å². The van der Waals surface area contributed by atoms with E-state index in [9.17, 15) is 4.79 Å². The number of benzene rings is 1. The zero-order valence-electron chi connectivity index (χ0n) is 11.4. The molecule has 1 aliphatic rings. The number of aliphatic carboxylic acids is 1. The highest BCUT2D eigenvalue weighted by atomic mass is 16.4. The maximum absolute atomic E-state index is 10.7. The predicted molar refractivity (Wildman–Crippen MR) is 77.7 cm³/mol. The van der Waals surface area contributed by atoms with Gasteiger partial charge in [-0.2, -0.15) is 0 Å². The average Bonchev–Trinajstić information content (AvgIpc) is 2.84. The van der Waals surface area contributed by atoms with Crippen LogP contribution in [0.1, 0.15) is 5.56 Å². The highest BCUT2D eigenvalue weighted by Gasteiger charge is 2.19. The molecule has 1 fully saturated rings. The molecule has 3 rings (SSSR count). The van der Waals surface area contributed by atoms with Crippen LogP contribution < -0.4 is 0 Å². The van der Waals surface area contributed by atoms with Crippen LogP contribution in [0.25, 0.3) is 10.9 Å². The molecule has 0 atom stereocenters. The van der Waals surface area contributed by atoms with E-state index in [0.717, 1.165) is 32.7 Å². The molecule has 20 heavy (non-hydrogen) atoms. The first kappa shape index (κ1) is 13.1. The van der Waals surface area contributed by atoms with E-state index in [1.165, 1.54) is 16.5 Å². The van der Waals surface area contributed by atoms with Crippen molar-refractivity contribution in [1.82, 2.24) is 14.8 Å². The Morgan fingerprint density at radius 1 is 1.15 bits per heavy atom. The summed E-state index contributed by atoms with van der Waals surface area (Å²) in [6.07, 6.45) is 2.08. The minimum Gasteiger partial charge on any atom is -0.480 e. The minimum absolute atomic E-state index is 0.154. The molecule has 2 heterocycles. The molecule has 106 valence electrons. The van der Waals surface area contributed by atoms with Crippen molar-refractivity contribution >= 4 is 16.9 Å². The Kier molecular flexibility index (Phi) is 3.71. The van der Waals surface area contributed by atoms with Crippen LogP contribution in [0.15, 0.2) is 30.5 Å². The third-order valence-electron chi connectivity index (χ3n) is 3.89. The Balaban J connectivity index is 1.61. The molecule has 0 bridgehead atoms. The fourth-order valence-electron chi connectivity index (χ4n) is 2.80. The molecule has 1 saturated heterocycles. The third kappa shape index (κ3) is 2.84. The van der Waals surface area contributed by atoms with Crippen molar-refractivity contribution < 1.29 is 9.90 Å². The second-order valence-electron chi connectivity index (χ2n) is 5.31. The number of fused-ring (bicyclic) bond motifs is 1. The second-order valence-corrected chi connectivity index (χ2v) is 5.31. The Hall–Kier alpha value is -1.85. The SMILES string of the molecule is O=C(O)CN1CCN(Cc2c[nH]c3ccccc23)CC1. The molecule has 2 aromatic rings. The number of nitrogens with one attached hydrogen (secondary N) is 1. The Labute approximate surface area is 117 Å². The van der Waals surface area contributed by atoms with E-state index in [0.29, 0.717) is 0 Å². The van der Waals surface area contributed by atoms with Gasteiger partial charge in [0, 0.05) is 49.8 Å². The fourth-order valence-corrected chi connectivity index (χ4v) is 2.80. The number of para-hydroxylation sites is 1. The summed E-state index contributed by atoms with van der Waals surface area (Å²) in [5.41, 5.74) is 2.49. The van der Waals surface area contributed by atoms with E-state index in [-0.39, 0.29) is 6.54 Å². The highest BCUT2D eigenvalue weighted by molar-refractivity contribution is 5.82. The van der Waals surface area contributed by atoms with Gasteiger partial charge in [-0.1, -0.05) is 18.2 Å². The van der Waals surface area contributed by atoms with Crippen molar-refractivity contribution in [2.24, 2.45) is 0 Å². The normalized spacial score (nSPS) is 17.6. The molecule has 5 heteroatoms. The predicted octanol–water partition coefficient (Wildman–Crippen LogP) is 1.37. The van der Waals surface area contributed by atoms with E-state index >= 15 is 0 Å². The van der Waals surface area contributed by atoms with E-state index < -0.39 is 5.97 Å². The van der Waals surface area contributed by atoms with E-state index in [2.05, 4.69) is 34.3 Å². The Bertz CT molecular complexity index is 600. The van der Waals surface area contributed by atoms with Gasteiger partial charge in [-0.05, 0) is 11.6 Å². The number of carbonyl (C=O) groups is 1. The number of nitrogens with zero attached hydrogens (tertiary/aromatic N) is 2. The van der Waals surface area contributed by atoms with Gasteiger partial charge in [-0.25, -0.2) is 0 Å². The van der Waals surface area contributed by atoms with Crippen molar-refractivity contribution in [2.75, 3.05) is 32.7 Å². The number of H-pyrrole nitrogens is 1. The summed E-state index contributed by atoms with van der Waals surface area (Å²) >= 11 is 0. The molecule has 1 aromatic heterocycles. The van der Waals surface area contributed by atoms with Gasteiger partial charge < -0.3 is 10.1 Å². The largest absolute Gasteiger partial charge is 0.480 e.